The fraction of sp³-hybridized carbons (Fsp3) is 0.400. The normalized spacial score (nSPS) is 18.7. The van der Waals surface area contributed by atoms with Crippen LogP contribution in [0.4, 0.5) is 5.69 Å². The molecule has 4 heteroatoms. The molecule has 2 unspecified atom stereocenters. The van der Waals surface area contributed by atoms with Gasteiger partial charge in [0.25, 0.3) is 0 Å². The van der Waals surface area contributed by atoms with Gasteiger partial charge >= 0.3 is 0 Å². The summed E-state index contributed by atoms with van der Waals surface area (Å²) in [6, 6.07) is 25.1. The first-order valence-corrected chi connectivity index (χ1v) is 12.4. The third-order valence-electron chi connectivity index (χ3n) is 6.46. The molecule has 0 fully saturated rings. The predicted molar refractivity (Wildman–Crippen MR) is 138 cm³/mol. The van der Waals surface area contributed by atoms with Gasteiger partial charge in [-0.15, -0.1) is 0 Å². The highest BCUT2D eigenvalue weighted by Gasteiger charge is 2.45. The van der Waals surface area contributed by atoms with Gasteiger partial charge in [-0.05, 0) is 62.1 Å². The van der Waals surface area contributed by atoms with Gasteiger partial charge in [0.1, 0.15) is 23.6 Å². The van der Waals surface area contributed by atoms with Crippen LogP contribution >= 0.6 is 0 Å². The van der Waals surface area contributed by atoms with Gasteiger partial charge in [-0.3, -0.25) is 0 Å². The predicted octanol–water partition coefficient (Wildman–Crippen LogP) is 7.22. The van der Waals surface area contributed by atoms with Crippen LogP contribution in [0.2, 0.25) is 0 Å². The Morgan fingerprint density at radius 2 is 1.71 bits per heavy atom. The molecule has 0 spiro atoms. The molecule has 0 saturated carbocycles. The van der Waals surface area contributed by atoms with Gasteiger partial charge in [-0.25, -0.2) is 0 Å². The Kier molecular flexibility index (Phi) is 7.91. The van der Waals surface area contributed by atoms with Crippen LogP contribution < -0.4 is 10.1 Å². The number of benzene rings is 3. The van der Waals surface area contributed by atoms with Crippen molar-refractivity contribution in [2.24, 2.45) is 0 Å². The Morgan fingerprint density at radius 3 is 2.47 bits per heavy atom. The van der Waals surface area contributed by atoms with Crippen LogP contribution in [-0.4, -0.2) is 18.3 Å². The number of nitrogens with one attached hydrogen (secondary N) is 1. The zero-order valence-corrected chi connectivity index (χ0v) is 20.8. The summed E-state index contributed by atoms with van der Waals surface area (Å²) in [5, 5.41) is 3.58. The Balaban J connectivity index is 1.58. The van der Waals surface area contributed by atoms with Crippen LogP contribution in [0.3, 0.4) is 0 Å². The summed E-state index contributed by atoms with van der Waals surface area (Å²) in [6.07, 6.45) is 1.68. The van der Waals surface area contributed by atoms with E-state index in [0.29, 0.717) is 13.2 Å². The first-order valence-electron chi connectivity index (χ1n) is 12.4. The third-order valence-corrected chi connectivity index (χ3v) is 6.46. The average Bonchev–Trinajstić information content (AvgIpc) is 2.83. The molecule has 1 aliphatic rings. The first-order chi connectivity index (χ1) is 16.5. The lowest BCUT2D eigenvalue weighted by Crippen LogP contribution is -2.51. The second-order valence-electron chi connectivity index (χ2n) is 9.60. The van der Waals surface area contributed by atoms with Crippen molar-refractivity contribution in [3.8, 4) is 5.75 Å². The van der Waals surface area contributed by atoms with E-state index < -0.39 is 5.60 Å². The molecule has 1 aliphatic heterocycles. The summed E-state index contributed by atoms with van der Waals surface area (Å²) in [6.45, 7) is 10.5. The molecule has 180 valence electrons. The van der Waals surface area contributed by atoms with Gasteiger partial charge in [-0.2, -0.15) is 0 Å². The molecular formula is C30H37NO3. The average molecular weight is 460 g/mol. The van der Waals surface area contributed by atoms with E-state index in [4.69, 9.17) is 14.2 Å². The van der Waals surface area contributed by atoms with Crippen molar-refractivity contribution in [3.05, 3.63) is 95.1 Å². The van der Waals surface area contributed by atoms with Gasteiger partial charge in [0.2, 0.25) is 0 Å². The largest absolute Gasteiger partial charge is 0.485 e. The molecule has 2 atom stereocenters. The van der Waals surface area contributed by atoms with E-state index in [1.54, 1.807) is 0 Å². The molecule has 0 amide bonds. The van der Waals surface area contributed by atoms with E-state index in [-0.39, 0.29) is 12.2 Å². The van der Waals surface area contributed by atoms with Crippen molar-refractivity contribution >= 4 is 5.69 Å². The molecule has 0 saturated heterocycles. The number of hydrogen-bond acceptors (Lipinski definition) is 4. The Morgan fingerprint density at radius 1 is 0.941 bits per heavy atom. The monoisotopic (exact) mass is 459 g/mol. The van der Waals surface area contributed by atoms with E-state index in [2.05, 4.69) is 87.6 Å². The fourth-order valence-corrected chi connectivity index (χ4v) is 4.43. The van der Waals surface area contributed by atoms with Crippen LogP contribution in [0.15, 0.2) is 72.8 Å². The molecule has 0 radical (unpaired) electrons. The highest BCUT2D eigenvalue weighted by Crippen LogP contribution is 2.44. The molecule has 34 heavy (non-hydrogen) atoms. The molecule has 4 nitrogen and oxygen atoms in total. The minimum Gasteiger partial charge on any atom is -0.485 e. The minimum absolute atomic E-state index is 0.200. The number of rotatable bonds is 10. The van der Waals surface area contributed by atoms with Crippen molar-refractivity contribution in [2.45, 2.75) is 71.5 Å². The summed E-state index contributed by atoms with van der Waals surface area (Å²) in [5.74, 6) is 0.868. The quantitative estimate of drug-likeness (QED) is 0.325. The van der Waals surface area contributed by atoms with E-state index in [1.807, 2.05) is 18.2 Å². The molecular weight excluding hydrogens is 422 g/mol. The summed E-state index contributed by atoms with van der Waals surface area (Å²) in [5.41, 5.74) is 5.30. The summed E-state index contributed by atoms with van der Waals surface area (Å²) >= 11 is 0. The maximum absolute atomic E-state index is 6.50. The van der Waals surface area contributed by atoms with Crippen LogP contribution in [0.25, 0.3) is 0 Å². The number of ether oxygens (including phenoxy) is 3. The van der Waals surface area contributed by atoms with Crippen molar-refractivity contribution in [1.82, 2.24) is 0 Å². The van der Waals surface area contributed by atoms with Crippen molar-refractivity contribution in [2.75, 3.05) is 11.9 Å². The fourth-order valence-electron chi connectivity index (χ4n) is 4.43. The van der Waals surface area contributed by atoms with E-state index in [0.717, 1.165) is 42.0 Å². The second-order valence-corrected chi connectivity index (χ2v) is 9.60. The second kappa shape index (κ2) is 11.1. The topological polar surface area (TPSA) is 39.7 Å². The summed E-state index contributed by atoms with van der Waals surface area (Å²) in [7, 11) is 0. The number of fused-ring (bicyclic) bond motifs is 1. The summed E-state index contributed by atoms with van der Waals surface area (Å²) < 4.78 is 19.5. The van der Waals surface area contributed by atoms with Crippen molar-refractivity contribution in [1.29, 1.82) is 0 Å². The van der Waals surface area contributed by atoms with E-state index in [9.17, 15) is 0 Å². The molecule has 3 aromatic carbocycles. The van der Waals surface area contributed by atoms with Crippen LogP contribution in [-0.2, 0) is 22.6 Å². The minimum atomic E-state index is -0.519. The lowest BCUT2D eigenvalue weighted by molar-refractivity contribution is -0.167. The number of aryl methyl sites for hydroxylation is 1. The number of unbranched alkanes of at least 4 members (excludes halogenated alkanes) is 1. The smallest absolute Gasteiger partial charge is 0.132 e. The van der Waals surface area contributed by atoms with Gasteiger partial charge in [0.05, 0.1) is 6.61 Å². The maximum atomic E-state index is 6.50. The Labute approximate surface area is 204 Å². The lowest BCUT2D eigenvalue weighted by atomic mass is 9.87. The highest BCUT2D eigenvalue weighted by molar-refractivity contribution is 5.54. The molecule has 4 rings (SSSR count). The van der Waals surface area contributed by atoms with Crippen LogP contribution in [0.1, 0.15) is 62.0 Å². The molecule has 3 aromatic rings. The Bertz CT molecular complexity index is 1060. The van der Waals surface area contributed by atoms with Gasteiger partial charge in [0, 0.05) is 24.4 Å². The first kappa shape index (κ1) is 24.3. The molecule has 1 N–H and O–H groups in total. The molecule has 0 aliphatic carbocycles. The van der Waals surface area contributed by atoms with Gasteiger partial charge in [0.15, 0.2) is 0 Å². The Hall–Kier alpha value is -2.82. The number of anilines is 1. The number of hydrogen-bond donors (Lipinski definition) is 1. The zero-order valence-electron chi connectivity index (χ0n) is 20.8. The lowest BCUT2D eigenvalue weighted by Gasteiger charge is -2.44. The summed E-state index contributed by atoms with van der Waals surface area (Å²) in [4.78, 5) is 0. The van der Waals surface area contributed by atoms with Crippen LogP contribution in [0, 0.1) is 6.92 Å². The van der Waals surface area contributed by atoms with Crippen LogP contribution in [0.5, 0.6) is 5.75 Å². The van der Waals surface area contributed by atoms with Crippen molar-refractivity contribution in [3.63, 3.8) is 0 Å². The SMILES string of the molecule is CCCCOC1c2cc(NCc3ccccc3C)ccc2OC(C)(C)C1OCc1ccccc1. The van der Waals surface area contributed by atoms with E-state index >= 15 is 0 Å². The van der Waals surface area contributed by atoms with Gasteiger partial charge < -0.3 is 19.5 Å². The van der Waals surface area contributed by atoms with Crippen molar-refractivity contribution < 1.29 is 14.2 Å². The molecule has 0 bridgehead atoms. The zero-order chi connectivity index (χ0) is 24.0. The molecule has 1 heterocycles. The molecule has 0 aromatic heterocycles. The van der Waals surface area contributed by atoms with Gasteiger partial charge in [-0.1, -0.05) is 67.9 Å². The van der Waals surface area contributed by atoms with E-state index in [1.165, 1.54) is 11.1 Å². The third kappa shape index (κ3) is 5.81. The maximum Gasteiger partial charge on any atom is 0.132 e. The standard InChI is InChI=1S/C30H37NO3/c1-5-6-18-32-28-26-19-25(31-20-24-15-11-10-12-22(24)2)16-17-27(26)34-30(3,4)29(28)33-21-23-13-8-7-9-14-23/h7-17,19,28-29,31H,5-6,18,20-21H2,1-4H3. The highest BCUT2D eigenvalue weighted by atomic mass is 16.6.